The zero-order valence-electron chi connectivity index (χ0n) is 11.4. The Morgan fingerprint density at radius 1 is 0.810 bits per heavy atom. The molecule has 106 valence electrons. The highest BCUT2D eigenvalue weighted by molar-refractivity contribution is 6.09. The number of ketones is 1. The fourth-order valence-electron chi connectivity index (χ4n) is 2.66. The van der Waals surface area contributed by atoms with Gasteiger partial charge in [-0.1, -0.05) is 12.1 Å². The molecule has 2 aliphatic heterocycles. The average molecular weight is 282 g/mol. The van der Waals surface area contributed by atoms with Crippen LogP contribution in [0.3, 0.4) is 0 Å². The van der Waals surface area contributed by atoms with Crippen molar-refractivity contribution in [1.29, 1.82) is 0 Å². The van der Waals surface area contributed by atoms with Crippen LogP contribution >= 0.6 is 0 Å². The van der Waals surface area contributed by atoms with Gasteiger partial charge in [-0.05, 0) is 35.4 Å². The minimum atomic E-state index is -0.0123. The number of hydrogen-bond acceptors (Lipinski definition) is 4. The van der Waals surface area contributed by atoms with E-state index >= 15 is 0 Å². The van der Waals surface area contributed by atoms with Gasteiger partial charge in [-0.3, -0.25) is 4.79 Å². The summed E-state index contributed by atoms with van der Waals surface area (Å²) in [5, 5.41) is 0. The first-order valence-electron chi connectivity index (χ1n) is 6.95. The van der Waals surface area contributed by atoms with Gasteiger partial charge in [-0.15, -0.1) is 0 Å². The number of fused-ring (bicyclic) bond motifs is 2. The lowest BCUT2D eigenvalue weighted by atomic mass is 9.99. The Hall–Kier alpha value is -2.33. The highest BCUT2D eigenvalue weighted by atomic mass is 16.6. The van der Waals surface area contributed by atoms with Gasteiger partial charge in [-0.25, -0.2) is 0 Å². The number of carbonyl (C=O) groups is 1. The van der Waals surface area contributed by atoms with E-state index in [1.807, 2.05) is 18.2 Å². The minimum Gasteiger partial charge on any atom is -0.486 e. The van der Waals surface area contributed by atoms with Crippen molar-refractivity contribution in [3.8, 4) is 11.5 Å². The second-order valence-corrected chi connectivity index (χ2v) is 5.16. The summed E-state index contributed by atoms with van der Waals surface area (Å²) in [5.74, 6) is 1.32. The molecule has 0 radical (unpaired) electrons. The fraction of sp³-hybridized carbons (Fsp3) is 0.235. The molecule has 0 bridgehead atoms. The van der Waals surface area contributed by atoms with Crippen LogP contribution in [-0.4, -0.2) is 19.0 Å². The molecule has 0 saturated carbocycles. The SMILES string of the molecule is O=C(c1ccc2c(c1)COC2)c1ccc2c(c1)OCCO2. The van der Waals surface area contributed by atoms with E-state index in [4.69, 9.17) is 14.2 Å². The summed E-state index contributed by atoms with van der Waals surface area (Å²) in [6.07, 6.45) is 0. The smallest absolute Gasteiger partial charge is 0.193 e. The Morgan fingerprint density at radius 2 is 1.52 bits per heavy atom. The standard InChI is InChI=1S/C17H14O4/c18-17(11-1-2-13-9-19-10-14(13)7-11)12-3-4-15-16(8-12)21-6-5-20-15/h1-4,7-8H,5-6,9-10H2. The lowest BCUT2D eigenvalue weighted by Gasteiger charge is -2.18. The number of carbonyl (C=O) groups excluding carboxylic acids is 1. The van der Waals surface area contributed by atoms with E-state index in [1.165, 1.54) is 0 Å². The van der Waals surface area contributed by atoms with Gasteiger partial charge in [0.1, 0.15) is 13.2 Å². The normalized spacial score (nSPS) is 15.6. The zero-order chi connectivity index (χ0) is 14.2. The molecule has 0 aromatic heterocycles. The maximum atomic E-state index is 12.6. The van der Waals surface area contributed by atoms with Crippen LogP contribution in [0.1, 0.15) is 27.0 Å². The lowest BCUT2D eigenvalue weighted by Crippen LogP contribution is -2.16. The van der Waals surface area contributed by atoms with Crippen LogP contribution in [0.25, 0.3) is 0 Å². The molecule has 2 heterocycles. The van der Waals surface area contributed by atoms with Crippen molar-refractivity contribution in [3.05, 3.63) is 58.7 Å². The van der Waals surface area contributed by atoms with Gasteiger partial charge in [0.25, 0.3) is 0 Å². The molecule has 2 aliphatic rings. The van der Waals surface area contributed by atoms with Crippen molar-refractivity contribution in [2.75, 3.05) is 13.2 Å². The van der Waals surface area contributed by atoms with Crippen LogP contribution in [0.5, 0.6) is 11.5 Å². The Labute approximate surface area is 122 Å². The molecular formula is C17H14O4. The van der Waals surface area contributed by atoms with Crippen molar-refractivity contribution < 1.29 is 19.0 Å². The van der Waals surface area contributed by atoms with Crippen LogP contribution in [0.2, 0.25) is 0 Å². The molecule has 0 spiro atoms. The molecule has 4 heteroatoms. The molecule has 0 fully saturated rings. The molecule has 4 rings (SSSR count). The summed E-state index contributed by atoms with van der Waals surface area (Å²) in [5.41, 5.74) is 3.54. The van der Waals surface area contributed by atoms with Crippen molar-refractivity contribution in [2.45, 2.75) is 13.2 Å². The molecule has 0 unspecified atom stereocenters. The molecule has 4 nitrogen and oxygen atoms in total. The van der Waals surface area contributed by atoms with E-state index < -0.39 is 0 Å². The molecule has 0 amide bonds. The fourth-order valence-corrected chi connectivity index (χ4v) is 2.66. The third-order valence-electron chi connectivity index (χ3n) is 3.79. The number of hydrogen-bond donors (Lipinski definition) is 0. The topological polar surface area (TPSA) is 44.8 Å². The summed E-state index contributed by atoms with van der Waals surface area (Å²) in [4.78, 5) is 12.6. The quantitative estimate of drug-likeness (QED) is 0.794. The third kappa shape index (κ3) is 2.17. The molecule has 2 aromatic rings. The van der Waals surface area contributed by atoms with E-state index in [-0.39, 0.29) is 5.78 Å². The molecule has 0 saturated heterocycles. The second-order valence-electron chi connectivity index (χ2n) is 5.16. The van der Waals surface area contributed by atoms with Gasteiger partial charge in [0, 0.05) is 11.1 Å². The van der Waals surface area contributed by atoms with Gasteiger partial charge in [-0.2, -0.15) is 0 Å². The van der Waals surface area contributed by atoms with Crippen molar-refractivity contribution in [2.24, 2.45) is 0 Å². The van der Waals surface area contributed by atoms with Crippen molar-refractivity contribution >= 4 is 5.78 Å². The lowest BCUT2D eigenvalue weighted by molar-refractivity contribution is 0.103. The van der Waals surface area contributed by atoms with Gasteiger partial charge < -0.3 is 14.2 Å². The average Bonchev–Trinajstić information content (AvgIpc) is 3.01. The van der Waals surface area contributed by atoms with E-state index in [0.29, 0.717) is 49.1 Å². The van der Waals surface area contributed by atoms with Crippen LogP contribution in [-0.2, 0) is 18.0 Å². The van der Waals surface area contributed by atoms with E-state index in [9.17, 15) is 4.79 Å². The van der Waals surface area contributed by atoms with E-state index in [0.717, 1.165) is 11.1 Å². The predicted molar refractivity (Wildman–Crippen MR) is 75.8 cm³/mol. The van der Waals surface area contributed by atoms with Crippen molar-refractivity contribution in [3.63, 3.8) is 0 Å². The first kappa shape index (κ1) is 12.4. The van der Waals surface area contributed by atoms with Gasteiger partial charge >= 0.3 is 0 Å². The minimum absolute atomic E-state index is 0.0123. The summed E-state index contributed by atoms with van der Waals surface area (Å²) in [6.45, 7) is 2.28. The Morgan fingerprint density at radius 3 is 2.43 bits per heavy atom. The van der Waals surface area contributed by atoms with Crippen LogP contribution in [0.15, 0.2) is 36.4 Å². The highest BCUT2D eigenvalue weighted by Crippen LogP contribution is 2.31. The number of benzene rings is 2. The number of ether oxygens (including phenoxy) is 3. The first-order chi connectivity index (χ1) is 10.3. The molecule has 0 aliphatic carbocycles. The Kier molecular flexibility index (Phi) is 2.89. The Bertz CT molecular complexity index is 721. The van der Waals surface area contributed by atoms with Crippen molar-refractivity contribution in [1.82, 2.24) is 0 Å². The van der Waals surface area contributed by atoms with Gasteiger partial charge in [0.15, 0.2) is 17.3 Å². The maximum absolute atomic E-state index is 12.6. The van der Waals surface area contributed by atoms with E-state index in [2.05, 4.69) is 0 Å². The monoisotopic (exact) mass is 282 g/mol. The molecule has 0 N–H and O–H groups in total. The van der Waals surface area contributed by atoms with Crippen LogP contribution in [0.4, 0.5) is 0 Å². The largest absolute Gasteiger partial charge is 0.486 e. The molecule has 21 heavy (non-hydrogen) atoms. The van der Waals surface area contributed by atoms with E-state index in [1.54, 1.807) is 18.2 Å². The number of rotatable bonds is 2. The third-order valence-corrected chi connectivity index (χ3v) is 3.79. The summed E-state index contributed by atoms with van der Waals surface area (Å²) < 4.78 is 16.4. The molecule has 2 aromatic carbocycles. The Balaban J connectivity index is 1.68. The maximum Gasteiger partial charge on any atom is 0.193 e. The second kappa shape index (κ2) is 4.90. The van der Waals surface area contributed by atoms with Crippen LogP contribution in [0, 0.1) is 0 Å². The van der Waals surface area contributed by atoms with Crippen LogP contribution < -0.4 is 9.47 Å². The summed E-state index contributed by atoms with van der Waals surface area (Å²) >= 11 is 0. The molecule has 0 atom stereocenters. The first-order valence-corrected chi connectivity index (χ1v) is 6.95. The summed E-state index contributed by atoms with van der Waals surface area (Å²) in [7, 11) is 0. The van der Waals surface area contributed by atoms with Gasteiger partial charge in [0.2, 0.25) is 0 Å². The highest BCUT2D eigenvalue weighted by Gasteiger charge is 2.18. The predicted octanol–water partition coefficient (Wildman–Crippen LogP) is 2.72. The molecular weight excluding hydrogens is 268 g/mol. The zero-order valence-corrected chi connectivity index (χ0v) is 11.4. The van der Waals surface area contributed by atoms with Gasteiger partial charge in [0.05, 0.1) is 13.2 Å². The summed E-state index contributed by atoms with van der Waals surface area (Å²) in [6, 6.07) is 11.1.